The summed E-state index contributed by atoms with van der Waals surface area (Å²) in [5.41, 5.74) is 4.36. The van der Waals surface area contributed by atoms with Gasteiger partial charge in [0.1, 0.15) is 0 Å². The Morgan fingerprint density at radius 2 is 1.82 bits per heavy atom. The summed E-state index contributed by atoms with van der Waals surface area (Å²) in [6, 6.07) is 10.8. The highest BCUT2D eigenvalue weighted by atomic mass is 15.3. The lowest BCUT2D eigenvalue weighted by atomic mass is 9.89. The van der Waals surface area contributed by atoms with Gasteiger partial charge in [0.05, 0.1) is 0 Å². The molecular formula is C14H25N3. The molecule has 3 heteroatoms. The van der Waals surface area contributed by atoms with Crippen molar-refractivity contribution < 1.29 is 0 Å². The second-order valence-corrected chi connectivity index (χ2v) is 5.29. The standard InChI is InChI=1S/C14H25N3/c1-14(2,17(3)4)13(16-15)11-10-12-8-6-5-7-9-12/h5-9,13,16H,10-11,15H2,1-4H3. The summed E-state index contributed by atoms with van der Waals surface area (Å²) in [5.74, 6) is 5.68. The molecule has 0 radical (unpaired) electrons. The SMILES string of the molecule is CN(C)C(C)(C)C(CCc1ccccc1)NN. The number of rotatable bonds is 6. The predicted octanol–water partition coefficient (Wildman–Crippen LogP) is 1.79. The monoisotopic (exact) mass is 235 g/mol. The molecule has 3 N–H and O–H groups in total. The normalized spacial score (nSPS) is 14.0. The van der Waals surface area contributed by atoms with E-state index in [4.69, 9.17) is 5.84 Å². The summed E-state index contributed by atoms with van der Waals surface area (Å²) >= 11 is 0. The van der Waals surface area contributed by atoms with Crippen molar-refractivity contribution >= 4 is 0 Å². The van der Waals surface area contributed by atoms with Gasteiger partial charge in [0.25, 0.3) is 0 Å². The van der Waals surface area contributed by atoms with Gasteiger partial charge < -0.3 is 4.90 Å². The third kappa shape index (κ3) is 3.80. The first-order valence-electron chi connectivity index (χ1n) is 6.16. The molecule has 0 aromatic heterocycles. The zero-order chi connectivity index (χ0) is 12.9. The van der Waals surface area contributed by atoms with Crippen LogP contribution in [0.15, 0.2) is 30.3 Å². The summed E-state index contributed by atoms with van der Waals surface area (Å²) in [5, 5.41) is 0. The van der Waals surface area contributed by atoms with Gasteiger partial charge in [-0.25, -0.2) is 0 Å². The molecule has 0 saturated heterocycles. The van der Waals surface area contributed by atoms with Crippen LogP contribution in [0, 0.1) is 0 Å². The molecule has 1 aromatic rings. The lowest BCUT2D eigenvalue weighted by molar-refractivity contribution is 0.132. The number of hydrogen-bond donors (Lipinski definition) is 2. The Kier molecular flexibility index (Phi) is 5.12. The molecule has 0 bridgehead atoms. The number of hydrogen-bond acceptors (Lipinski definition) is 3. The van der Waals surface area contributed by atoms with Crippen LogP contribution in [0.1, 0.15) is 25.8 Å². The van der Waals surface area contributed by atoms with Gasteiger partial charge in [-0.3, -0.25) is 11.3 Å². The van der Waals surface area contributed by atoms with E-state index >= 15 is 0 Å². The second kappa shape index (κ2) is 6.15. The first-order valence-corrected chi connectivity index (χ1v) is 6.16. The van der Waals surface area contributed by atoms with E-state index in [0.717, 1.165) is 12.8 Å². The van der Waals surface area contributed by atoms with Crippen LogP contribution in [0.25, 0.3) is 0 Å². The second-order valence-electron chi connectivity index (χ2n) is 5.29. The minimum Gasteiger partial charge on any atom is -0.303 e. The molecule has 3 nitrogen and oxygen atoms in total. The quantitative estimate of drug-likeness (QED) is 0.583. The van der Waals surface area contributed by atoms with Gasteiger partial charge in [-0.15, -0.1) is 0 Å². The van der Waals surface area contributed by atoms with E-state index in [1.807, 2.05) is 6.07 Å². The van der Waals surface area contributed by atoms with Crippen LogP contribution in [0.2, 0.25) is 0 Å². The molecular weight excluding hydrogens is 210 g/mol. The van der Waals surface area contributed by atoms with Crippen molar-refractivity contribution in [2.24, 2.45) is 5.84 Å². The fourth-order valence-electron chi connectivity index (χ4n) is 1.91. The molecule has 0 aliphatic carbocycles. The largest absolute Gasteiger partial charge is 0.303 e. The van der Waals surface area contributed by atoms with Crippen LogP contribution in [-0.2, 0) is 6.42 Å². The topological polar surface area (TPSA) is 41.3 Å². The van der Waals surface area contributed by atoms with Gasteiger partial charge in [0.2, 0.25) is 0 Å². The molecule has 1 atom stereocenters. The molecule has 17 heavy (non-hydrogen) atoms. The maximum Gasteiger partial charge on any atom is 0.0392 e. The molecule has 1 aromatic carbocycles. The van der Waals surface area contributed by atoms with Crippen LogP contribution in [-0.4, -0.2) is 30.6 Å². The summed E-state index contributed by atoms with van der Waals surface area (Å²) < 4.78 is 0. The average molecular weight is 235 g/mol. The summed E-state index contributed by atoms with van der Waals surface area (Å²) in [4.78, 5) is 2.21. The van der Waals surface area contributed by atoms with E-state index in [0.29, 0.717) is 0 Å². The van der Waals surface area contributed by atoms with Gasteiger partial charge >= 0.3 is 0 Å². The number of nitrogens with zero attached hydrogens (tertiary/aromatic N) is 1. The third-order valence-corrected chi connectivity index (χ3v) is 3.77. The fraction of sp³-hybridized carbons (Fsp3) is 0.571. The lowest BCUT2D eigenvalue weighted by Crippen LogP contribution is -2.57. The first-order chi connectivity index (χ1) is 7.98. The molecule has 1 rings (SSSR count). The molecule has 96 valence electrons. The minimum absolute atomic E-state index is 0.0452. The Balaban J connectivity index is 2.59. The van der Waals surface area contributed by atoms with Gasteiger partial charge in [-0.2, -0.15) is 0 Å². The zero-order valence-electron chi connectivity index (χ0n) is 11.4. The summed E-state index contributed by atoms with van der Waals surface area (Å²) in [6.07, 6.45) is 2.08. The molecule has 0 fully saturated rings. The third-order valence-electron chi connectivity index (χ3n) is 3.77. The Morgan fingerprint density at radius 1 is 1.24 bits per heavy atom. The van der Waals surface area contributed by atoms with E-state index < -0.39 is 0 Å². The molecule has 0 aliphatic heterocycles. The number of nitrogens with two attached hydrogens (primary N) is 1. The fourth-order valence-corrected chi connectivity index (χ4v) is 1.91. The highest BCUT2D eigenvalue weighted by Crippen LogP contribution is 2.19. The van der Waals surface area contributed by atoms with Crippen LogP contribution in [0.4, 0.5) is 0 Å². The van der Waals surface area contributed by atoms with Crippen LogP contribution in [0.5, 0.6) is 0 Å². The van der Waals surface area contributed by atoms with Crippen molar-refractivity contribution in [1.82, 2.24) is 10.3 Å². The number of likely N-dealkylation sites (N-methyl/N-ethyl adjacent to an activating group) is 1. The minimum atomic E-state index is 0.0452. The maximum absolute atomic E-state index is 5.68. The highest BCUT2D eigenvalue weighted by Gasteiger charge is 2.30. The van der Waals surface area contributed by atoms with Gasteiger partial charge in [0, 0.05) is 11.6 Å². The number of benzene rings is 1. The van der Waals surface area contributed by atoms with Crippen LogP contribution in [0.3, 0.4) is 0 Å². The van der Waals surface area contributed by atoms with Gasteiger partial charge in [0.15, 0.2) is 0 Å². The van der Waals surface area contributed by atoms with E-state index in [2.05, 4.69) is 62.5 Å². The van der Waals surface area contributed by atoms with Crippen molar-refractivity contribution in [2.45, 2.75) is 38.3 Å². The van der Waals surface area contributed by atoms with Crippen molar-refractivity contribution in [2.75, 3.05) is 14.1 Å². The number of aryl methyl sites for hydroxylation is 1. The molecule has 1 unspecified atom stereocenters. The molecule has 0 aliphatic rings. The molecule has 0 spiro atoms. The summed E-state index contributed by atoms with van der Waals surface area (Å²) in [7, 11) is 4.18. The Morgan fingerprint density at radius 3 is 2.29 bits per heavy atom. The number of hydrazine groups is 1. The number of nitrogens with one attached hydrogen (secondary N) is 1. The molecule has 0 amide bonds. The van der Waals surface area contributed by atoms with Gasteiger partial charge in [-0.05, 0) is 46.3 Å². The lowest BCUT2D eigenvalue weighted by Gasteiger charge is -2.40. The van der Waals surface area contributed by atoms with E-state index in [1.54, 1.807) is 0 Å². The van der Waals surface area contributed by atoms with Crippen molar-refractivity contribution in [3.63, 3.8) is 0 Å². The highest BCUT2D eigenvalue weighted by molar-refractivity contribution is 5.15. The Bertz CT molecular complexity index is 319. The van der Waals surface area contributed by atoms with E-state index in [-0.39, 0.29) is 11.6 Å². The Labute approximate surface area is 105 Å². The van der Waals surface area contributed by atoms with E-state index in [9.17, 15) is 0 Å². The van der Waals surface area contributed by atoms with Gasteiger partial charge in [-0.1, -0.05) is 30.3 Å². The Hall–Kier alpha value is -0.900. The molecule has 0 saturated carbocycles. The van der Waals surface area contributed by atoms with Crippen molar-refractivity contribution in [1.29, 1.82) is 0 Å². The summed E-state index contributed by atoms with van der Waals surface area (Å²) in [6.45, 7) is 4.42. The smallest absolute Gasteiger partial charge is 0.0392 e. The maximum atomic E-state index is 5.68. The average Bonchev–Trinajstić information content (AvgIpc) is 2.30. The predicted molar refractivity (Wildman–Crippen MR) is 73.6 cm³/mol. The van der Waals surface area contributed by atoms with Crippen molar-refractivity contribution in [3.8, 4) is 0 Å². The first kappa shape index (κ1) is 14.2. The molecule has 0 heterocycles. The van der Waals surface area contributed by atoms with Crippen molar-refractivity contribution in [3.05, 3.63) is 35.9 Å². The van der Waals surface area contributed by atoms with E-state index in [1.165, 1.54) is 5.56 Å². The zero-order valence-corrected chi connectivity index (χ0v) is 11.4. The van der Waals surface area contributed by atoms with Crippen LogP contribution < -0.4 is 11.3 Å². The van der Waals surface area contributed by atoms with Crippen LogP contribution >= 0.6 is 0 Å².